The molecule has 0 spiro atoms. The number of aromatic nitrogens is 2. The zero-order chi connectivity index (χ0) is 11.7. The molecule has 0 bridgehead atoms. The van der Waals surface area contributed by atoms with Gasteiger partial charge in [-0.1, -0.05) is 19.1 Å². The number of nitrogens with zero attached hydrogens (tertiary/aromatic N) is 1. The topological polar surface area (TPSA) is 48.9 Å². The fourth-order valence-corrected chi connectivity index (χ4v) is 1.73. The first kappa shape index (κ1) is 10.7. The quantitative estimate of drug-likeness (QED) is 0.810. The molecule has 2 aromatic rings. The van der Waals surface area contributed by atoms with Gasteiger partial charge in [-0.2, -0.15) is 0 Å². The fourth-order valence-electron chi connectivity index (χ4n) is 1.73. The number of rotatable bonds is 2. The van der Waals surface area contributed by atoms with Crippen molar-refractivity contribution in [3.8, 4) is 17.0 Å². The molecule has 0 saturated carbocycles. The standard InChI is InChI=1S/C13H16N2O/c1-4-12-14-9(3)13(15-12)10-6-5-8(2)11(16)7-10/h5-7,16H,4H2,1-3H3,(H,14,15). The Balaban J connectivity index is 2.49. The van der Waals surface area contributed by atoms with E-state index in [0.717, 1.165) is 34.8 Å². The van der Waals surface area contributed by atoms with Crippen LogP contribution in [0.15, 0.2) is 18.2 Å². The maximum Gasteiger partial charge on any atom is 0.119 e. The Bertz CT molecular complexity index is 515. The fraction of sp³-hybridized carbons (Fsp3) is 0.308. The highest BCUT2D eigenvalue weighted by Gasteiger charge is 2.09. The van der Waals surface area contributed by atoms with Crippen LogP contribution in [0.5, 0.6) is 5.75 Å². The molecule has 0 unspecified atom stereocenters. The number of imidazole rings is 1. The molecule has 1 aromatic carbocycles. The highest BCUT2D eigenvalue weighted by molar-refractivity contribution is 5.64. The molecule has 2 N–H and O–H groups in total. The average molecular weight is 216 g/mol. The normalized spacial score (nSPS) is 10.7. The summed E-state index contributed by atoms with van der Waals surface area (Å²) in [6.45, 7) is 5.95. The van der Waals surface area contributed by atoms with E-state index >= 15 is 0 Å². The Morgan fingerprint density at radius 3 is 2.62 bits per heavy atom. The first-order valence-corrected chi connectivity index (χ1v) is 5.47. The Morgan fingerprint density at radius 2 is 2.06 bits per heavy atom. The summed E-state index contributed by atoms with van der Waals surface area (Å²) in [5.41, 5.74) is 3.80. The van der Waals surface area contributed by atoms with Crippen LogP contribution in [0.1, 0.15) is 24.0 Å². The van der Waals surface area contributed by atoms with E-state index < -0.39 is 0 Å². The summed E-state index contributed by atoms with van der Waals surface area (Å²) in [4.78, 5) is 7.74. The monoisotopic (exact) mass is 216 g/mol. The van der Waals surface area contributed by atoms with Crippen molar-refractivity contribution in [1.29, 1.82) is 0 Å². The minimum Gasteiger partial charge on any atom is -0.508 e. The summed E-state index contributed by atoms with van der Waals surface area (Å²) in [6.07, 6.45) is 0.888. The lowest BCUT2D eigenvalue weighted by Gasteiger charge is -2.02. The summed E-state index contributed by atoms with van der Waals surface area (Å²) in [5, 5.41) is 9.68. The van der Waals surface area contributed by atoms with Gasteiger partial charge in [0.15, 0.2) is 0 Å². The molecular weight excluding hydrogens is 200 g/mol. The van der Waals surface area contributed by atoms with E-state index in [4.69, 9.17) is 0 Å². The van der Waals surface area contributed by atoms with Crippen molar-refractivity contribution in [1.82, 2.24) is 9.97 Å². The van der Waals surface area contributed by atoms with E-state index in [2.05, 4.69) is 16.9 Å². The number of phenolic OH excluding ortho intramolecular Hbond substituents is 1. The summed E-state index contributed by atoms with van der Waals surface area (Å²) in [5.74, 6) is 1.30. The van der Waals surface area contributed by atoms with Crippen molar-refractivity contribution >= 4 is 0 Å². The second-order valence-electron chi connectivity index (χ2n) is 4.01. The van der Waals surface area contributed by atoms with E-state index in [0.29, 0.717) is 5.75 Å². The van der Waals surface area contributed by atoms with Gasteiger partial charge in [-0.3, -0.25) is 0 Å². The lowest BCUT2D eigenvalue weighted by molar-refractivity contribution is 0.471. The molecule has 3 nitrogen and oxygen atoms in total. The van der Waals surface area contributed by atoms with Crippen LogP contribution in [-0.2, 0) is 6.42 Å². The van der Waals surface area contributed by atoms with Crippen LogP contribution in [0.4, 0.5) is 0 Å². The van der Waals surface area contributed by atoms with Gasteiger partial charge in [0.25, 0.3) is 0 Å². The maximum absolute atomic E-state index is 9.68. The van der Waals surface area contributed by atoms with Crippen LogP contribution in [0.3, 0.4) is 0 Å². The number of nitrogens with one attached hydrogen (secondary N) is 1. The summed E-state index contributed by atoms with van der Waals surface area (Å²) >= 11 is 0. The van der Waals surface area contributed by atoms with Gasteiger partial charge in [0.2, 0.25) is 0 Å². The van der Waals surface area contributed by atoms with Crippen molar-refractivity contribution in [2.45, 2.75) is 27.2 Å². The van der Waals surface area contributed by atoms with Crippen LogP contribution in [0, 0.1) is 13.8 Å². The van der Waals surface area contributed by atoms with Crippen molar-refractivity contribution < 1.29 is 5.11 Å². The molecule has 0 aliphatic rings. The van der Waals surface area contributed by atoms with Crippen molar-refractivity contribution in [2.75, 3.05) is 0 Å². The van der Waals surface area contributed by atoms with E-state index in [1.54, 1.807) is 6.07 Å². The van der Waals surface area contributed by atoms with Crippen LogP contribution >= 0.6 is 0 Å². The number of aromatic amines is 1. The van der Waals surface area contributed by atoms with Gasteiger partial charge in [0.05, 0.1) is 5.69 Å². The molecule has 1 heterocycles. The first-order valence-electron chi connectivity index (χ1n) is 5.47. The largest absolute Gasteiger partial charge is 0.508 e. The molecule has 0 fully saturated rings. The molecule has 1 aromatic heterocycles. The van der Waals surface area contributed by atoms with Crippen LogP contribution in [0.25, 0.3) is 11.3 Å². The number of benzene rings is 1. The second kappa shape index (κ2) is 4.00. The second-order valence-corrected chi connectivity index (χ2v) is 4.01. The predicted octanol–water partition coefficient (Wildman–Crippen LogP) is 2.96. The lowest BCUT2D eigenvalue weighted by Crippen LogP contribution is -1.83. The Hall–Kier alpha value is -1.77. The molecule has 3 heteroatoms. The van der Waals surface area contributed by atoms with Gasteiger partial charge >= 0.3 is 0 Å². The molecule has 0 amide bonds. The number of hydrogen-bond acceptors (Lipinski definition) is 2. The highest BCUT2D eigenvalue weighted by Crippen LogP contribution is 2.26. The van der Waals surface area contributed by atoms with E-state index in [-0.39, 0.29) is 0 Å². The van der Waals surface area contributed by atoms with Crippen molar-refractivity contribution in [2.24, 2.45) is 0 Å². The van der Waals surface area contributed by atoms with Gasteiger partial charge in [0.1, 0.15) is 11.6 Å². The number of phenols is 1. The molecule has 16 heavy (non-hydrogen) atoms. The first-order chi connectivity index (χ1) is 7.61. The molecule has 0 radical (unpaired) electrons. The minimum absolute atomic E-state index is 0.318. The Morgan fingerprint density at radius 1 is 1.31 bits per heavy atom. The van der Waals surface area contributed by atoms with E-state index in [9.17, 15) is 5.11 Å². The average Bonchev–Trinajstić information content (AvgIpc) is 2.64. The zero-order valence-corrected chi connectivity index (χ0v) is 9.83. The Labute approximate surface area is 95.2 Å². The highest BCUT2D eigenvalue weighted by atomic mass is 16.3. The van der Waals surface area contributed by atoms with Gasteiger partial charge in [-0.25, -0.2) is 4.98 Å². The minimum atomic E-state index is 0.318. The molecule has 0 saturated heterocycles. The third-order valence-corrected chi connectivity index (χ3v) is 2.75. The van der Waals surface area contributed by atoms with Crippen molar-refractivity contribution in [3.63, 3.8) is 0 Å². The van der Waals surface area contributed by atoms with Crippen LogP contribution < -0.4 is 0 Å². The molecular formula is C13H16N2O. The summed E-state index contributed by atoms with van der Waals surface area (Å²) < 4.78 is 0. The van der Waals surface area contributed by atoms with Crippen LogP contribution in [-0.4, -0.2) is 15.1 Å². The number of H-pyrrole nitrogens is 1. The van der Waals surface area contributed by atoms with Gasteiger partial charge in [-0.05, 0) is 25.5 Å². The van der Waals surface area contributed by atoms with Gasteiger partial charge in [0, 0.05) is 17.7 Å². The molecule has 0 atom stereocenters. The zero-order valence-electron chi connectivity index (χ0n) is 9.83. The number of aromatic hydroxyl groups is 1. The molecule has 0 aliphatic carbocycles. The van der Waals surface area contributed by atoms with Gasteiger partial charge in [-0.15, -0.1) is 0 Å². The third-order valence-electron chi connectivity index (χ3n) is 2.75. The lowest BCUT2D eigenvalue weighted by atomic mass is 10.1. The SMILES string of the molecule is CCc1nc(-c2ccc(C)c(O)c2)c(C)[nH]1. The molecule has 84 valence electrons. The summed E-state index contributed by atoms with van der Waals surface area (Å²) in [6, 6.07) is 5.65. The summed E-state index contributed by atoms with van der Waals surface area (Å²) in [7, 11) is 0. The number of aryl methyl sites for hydroxylation is 3. The predicted molar refractivity (Wildman–Crippen MR) is 64.5 cm³/mol. The molecule has 2 rings (SSSR count). The maximum atomic E-state index is 9.68. The van der Waals surface area contributed by atoms with Crippen molar-refractivity contribution in [3.05, 3.63) is 35.3 Å². The smallest absolute Gasteiger partial charge is 0.119 e. The molecule has 0 aliphatic heterocycles. The van der Waals surface area contributed by atoms with Crippen LogP contribution in [0.2, 0.25) is 0 Å². The van der Waals surface area contributed by atoms with Gasteiger partial charge < -0.3 is 10.1 Å². The Kier molecular flexibility index (Phi) is 2.69. The van der Waals surface area contributed by atoms with E-state index in [1.165, 1.54) is 0 Å². The third kappa shape index (κ3) is 1.81. The number of hydrogen-bond donors (Lipinski definition) is 2. The van der Waals surface area contributed by atoms with E-state index in [1.807, 2.05) is 26.0 Å².